The molecule has 4 atom stereocenters. The van der Waals surface area contributed by atoms with E-state index in [0.29, 0.717) is 19.4 Å². The fraction of sp³-hybridized carbons (Fsp3) is 0.500. The van der Waals surface area contributed by atoms with Gasteiger partial charge in [0.25, 0.3) is 0 Å². The van der Waals surface area contributed by atoms with Crippen molar-refractivity contribution in [3.63, 3.8) is 0 Å². The van der Waals surface area contributed by atoms with Crippen molar-refractivity contribution in [3.8, 4) is 0 Å². The maximum Gasteiger partial charge on any atom is 0.326 e. The molecule has 0 aromatic heterocycles. The second-order valence-corrected chi connectivity index (χ2v) is 8.05. The Labute approximate surface area is 191 Å². The van der Waals surface area contributed by atoms with Gasteiger partial charge in [-0.05, 0) is 31.7 Å². The Kier molecular flexibility index (Phi) is 9.34. The Balaban J connectivity index is 2.08. The highest BCUT2D eigenvalue weighted by Crippen LogP contribution is 2.18. The van der Waals surface area contributed by atoms with Gasteiger partial charge < -0.3 is 31.5 Å². The fourth-order valence-corrected chi connectivity index (χ4v) is 3.66. The van der Waals surface area contributed by atoms with Crippen LogP contribution in [0.1, 0.15) is 38.2 Å². The number of aliphatic carboxylic acids is 2. The lowest BCUT2D eigenvalue weighted by molar-refractivity contribution is -0.149. The molecule has 1 saturated heterocycles. The van der Waals surface area contributed by atoms with Crippen LogP contribution < -0.4 is 16.4 Å². The molecule has 0 aliphatic carbocycles. The normalized spacial score (nSPS) is 18.1. The van der Waals surface area contributed by atoms with Crippen molar-refractivity contribution in [2.45, 2.75) is 63.2 Å². The first-order valence-corrected chi connectivity index (χ1v) is 10.8. The number of amides is 3. The Bertz CT molecular complexity index is 877. The summed E-state index contributed by atoms with van der Waals surface area (Å²) < 4.78 is 0. The van der Waals surface area contributed by atoms with Crippen LogP contribution in [-0.4, -0.2) is 75.5 Å². The van der Waals surface area contributed by atoms with Gasteiger partial charge in [0.1, 0.15) is 18.1 Å². The lowest BCUT2D eigenvalue weighted by Gasteiger charge is -2.27. The van der Waals surface area contributed by atoms with Crippen LogP contribution in [0.3, 0.4) is 0 Å². The maximum atomic E-state index is 13.0. The summed E-state index contributed by atoms with van der Waals surface area (Å²) in [4.78, 5) is 61.5. The Hall–Kier alpha value is -3.47. The average Bonchev–Trinajstić information content (AvgIpc) is 3.27. The maximum absolute atomic E-state index is 13.0. The molecule has 6 N–H and O–H groups in total. The molecular formula is C22H30N4O7. The predicted octanol–water partition coefficient (Wildman–Crippen LogP) is -0.514. The zero-order chi connectivity index (χ0) is 24.5. The van der Waals surface area contributed by atoms with Crippen LogP contribution >= 0.6 is 0 Å². The van der Waals surface area contributed by atoms with Gasteiger partial charge in [0.05, 0.1) is 6.04 Å². The molecule has 33 heavy (non-hydrogen) atoms. The van der Waals surface area contributed by atoms with Gasteiger partial charge in [-0.1, -0.05) is 30.3 Å². The van der Waals surface area contributed by atoms with E-state index >= 15 is 0 Å². The number of hydrogen-bond donors (Lipinski definition) is 5. The van der Waals surface area contributed by atoms with E-state index in [-0.39, 0.29) is 19.3 Å². The molecular weight excluding hydrogens is 432 g/mol. The van der Waals surface area contributed by atoms with E-state index in [0.717, 1.165) is 5.56 Å². The third-order valence-corrected chi connectivity index (χ3v) is 5.47. The molecule has 0 spiro atoms. The molecule has 1 aliphatic heterocycles. The molecule has 180 valence electrons. The molecule has 1 aromatic rings. The third-order valence-electron chi connectivity index (χ3n) is 5.47. The molecule has 1 fully saturated rings. The number of rotatable bonds is 11. The molecule has 11 heteroatoms. The summed E-state index contributed by atoms with van der Waals surface area (Å²) in [5.41, 5.74) is 6.51. The van der Waals surface area contributed by atoms with E-state index < -0.39 is 53.8 Å². The first kappa shape index (κ1) is 25.8. The van der Waals surface area contributed by atoms with Crippen LogP contribution in [0.4, 0.5) is 0 Å². The summed E-state index contributed by atoms with van der Waals surface area (Å²) in [5.74, 6) is -4.02. The van der Waals surface area contributed by atoms with Crippen molar-refractivity contribution in [2.75, 3.05) is 6.54 Å². The number of nitrogens with zero attached hydrogens (tertiary/aromatic N) is 1. The molecule has 2 rings (SSSR count). The van der Waals surface area contributed by atoms with Gasteiger partial charge in [-0.25, -0.2) is 4.79 Å². The molecule has 0 bridgehead atoms. The zero-order valence-corrected chi connectivity index (χ0v) is 18.4. The minimum Gasteiger partial charge on any atom is -0.481 e. The lowest BCUT2D eigenvalue weighted by atomic mass is 10.0. The number of nitrogens with two attached hydrogens (primary N) is 1. The highest BCUT2D eigenvalue weighted by atomic mass is 16.4. The molecule has 0 saturated carbocycles. The van der Waals surface area contributed by atoms with Crippen LogP contribution in [0, 0.1) is 0 Å². The van der Waals surface area contributed by atoms with Gasteiger partial charge in [0, 0.05) is 19.4 Å². The first-order valence-electron chi connectivity index (χ1n) is 10.8. The van der Waals surface area contributed by atoms with E-state index in [4.69, 9.17) is 10.8 Å². The van der Waals surface area contributed by atoms with Gasteiger partial charge in [-0.15, -0.1) is 0 Å². The highest BCUT2D eigenvalue weighted by Gasteiger charge is 2.37. The lowest BCUT2D eigenvalue weighted by Crippen LogP contribution is -2.57. The van der Waals surface area contributed by atoms with E-state index in [2.05, 4.69) is 10.6 Å². The molecule has 4 unspecified atom stereocenters. The van der Waals surface area contributed by atoms with Gasteiger partial charge in [0.2, 0.25) is 17.7 Å². The Morgan fingerprint density at radius 3 is 2.36 bits per heavy atom. The summed E-state index contributed by atoms with van der Waals surface area (Å²) in [6.07, 6.45) is 0.636. The summed E-state index contributed by atoms with van der Waals surface area (Å²) in [6.45, 7) is 1.75. The van der Waals surface area contributed by atoms with Gasteiger partial charge >= 0.3 is 11.9 Å². The van der Waals surface area contributed by atoms with Gasteiger partial charge in [-0.3, -0.25) is 19.2 Å². The summed E-state index contributed by atoms with van der Waals surface area (Å²) in [7, 11) is 0. The molecule has 1 aliphatic rings. The summed E-state index contributed by atoms with van der Waals surface area (Å²) in [6, 6.07) is 4.77. The van der Waals surface area contributed by atoms with Crippen molar-refractivity contribution < 1.29 is 34.2 Å². The van der Waals surface area contributed by atoms with Crippen LogP contribution in [0.5, 0.6) is 0 Å². The number of nitrogens with one attached hydrogen (secondary N) is 2. The SMILES string of the molecule is CC(NC(=O)C(Cc1ccccc1)NC(=O)C(N)CCC(=O)O)C(=O)N1CCCC1C(=O)O. The van der Waals surface area contributed by atoms with Crippen LogP contribution in [0.25, 0.3) is 0 Å². The molecule has 1 aromatic carbocycles. The quantitative estimate of drug-likeness (QED) is 0.291. The number of hydrogen-bond acceptors (Lipinski definition) is 6. The Morgan fingerprint density at radius 2 is 1.76 bits per heavy atom. The van der Waals surface area contributed by atoms with Crippen molar-refractivity contribution in [1.29, 1.82) is 0 Å². The molecule has 3 amide bonds. The number of carboxylic acids is 2. The van der Waals surface area contributed by atoms with Crippen molar-refractivity contribution in [3.05, 3.63) is 35.9 Å². The fourth-order valence-electron chi connectivity index (χ4n) is 3.66. The van der Waals surface area contributed by atoms with Crippen LogP contribution in [0.2, 0.25) is 0 Å². The van der Waals surface area contributed by atoms with E-state index in [1.807, 2.05) is 0 Å². The van der Waals surface area contributed by atoms with Gasteiger partial charge in [0.15, 0.2) is 0 Å². The standard InChI is InChI=1S/C22H30N4O7/c1-13(21(31)26-11-5-8-17(26)22(32)33)24-20(30)16(12-14-6-3-2-4-7-14)25-19(29)15(23)9-10-18(27)28/h2-4,6-7,13,15-17H,5,8-12,23H2,1H3,(H,24,30)(H,25,29)(H,27,28)(H,32,33). The number of carbonyl (C=O) groups is 5. The van der Waals surface area contributed by atoms with E-state index in [1.54, 1.807) is 30.3 Å². The third kappa shape index (κ3) is 7.56. The zero-order valence-electron chi connectivity index (χ0n) is 18.4. The minimum absolute atomic E-state index is 0.0960. The highest BCUT2D eigenvalue weighted by molar-refractivity contribution is 5.94. The summed E-state index contributed by atoms with van der Waals surface area (Å²) in [5, 5.41) is 23.2. The number of likely N-dealkylation sites (tertiary alicyclic amines) is 1. The molecule has 11 nitrogen and oxygen atoms in total. The predicted molar refractivity (Wildman–Crippen MR) is 117 cm³/mol. The van der Waals surface area contributed by atoms with Gasteiger partial charge in [-0.2, -0.15) is 0 Å². The molecule has 1 heterocycles. The largest absolute Gasteiger partial charge is 0.481 e. The number of benzene rings is 1. The smallest absolute Gasteiger partial charge is 0.326 e. The summed E-state index contributed by atoms with van der Waals surface area (Å²) >= 11 is 0. The van der Waals surface area contributed by atoms with Crippen molar-refractivity contribution in [1.82, 2.24) is 15.5 Å². The minimum atomic E-state index is -1.12. The van der Waals surface area contributed by atoms with Crippen LogP contribution in [0.15, 0.2) is 30.3 Å². The second-order valence-electron chi connectivity index (χ2n) is 8.05. The van der Waals surface area contributed by atoms with E-state index in [1.165, 1.54) is 11.8 Å². The average molecular weight is 463 g/mol. The number of carbonyl (C=O) groups excluding carboxylic acids is 3. The van der Waals surface area contributed by atoms with E-state index in [9.17, 15) is 29.1 Å². The topological polar surface area (TPSA) is 179 Å². The Morgan fingerprint density at radius 1 is 1.09 bits per heavy atom. The first-order chi connectivity index (χ1) is 15.6. The monoisotopic (exact) mass is 462 g/mol. The second kappa shape index (κ2) is 12.0. The molecule has 0 radical (unpaired) electrons. The van der Waals surface area contributed by atoms with Crippen LogP contribution in [-0.2, 0) is 30.4 Å². The number of carboxylic acid groups (broad SMARTS) is 2. The van der Waals surface area contributed by atoms with Crippen molar-refractivity contribution >= 4 is 29.7 Å². The van der Waals surface area contributed by atoms with Crippen molar-refractivity contribution in [2.24, 2.45) is 5.73 Å².